The fourth-order valence-corrected chi connectivity index (χ4v) is 1.57. The molecule has 0 atom stereocenters. The lowest BCUT2D eigenvalue weighted by Gasteiger charge is -2.03. The number of nitrogens with zero attached hydrogens (tertiary/aromatic N) is 2. The van der Waals surface area contributed by atoms with Gasteiger partial charge < -0.3 is 9.30 Å². The molecule has 0 spiro atoms. The third kappa shape index (κ3) is 2.61. The number of nitrogens with two attached hydrogens (primary N) is 1. The molecule has 1 aromatic heterocycles. The predicted molar refractivity (Wildman–Crippen MR) is 62.7 cm³/mol. The smallest absolute Gasteiger partial charge is 0.259 e. The molecule has 90 valence electrons. The zero-order valence-corrected chi connectivity index (χ0v) is 9.51. The van der Waals surface area contributed by atoms with Crippen LogP contribution in [0.3, 0.4) is 0 Å². The minimum absolute atomic E-state index is 0.0449. The Morgan fingerprint density at radius 3 is 3.18 bits per heavy atom. The number of benzene rings is 1. The van der Waals surface area contributed by atoms with Crippen LogP contribution in [0.15, 0.2) is 24.5 Å². The molecule has 1 aromatic carbocycles. The molecule has 0 aliphatic heterocycles. The molecule has 0 unspecified atom stereocenters. The van der Waals surface area contributed by atoms with Gasteiger partial charge in [-0.15, -0.1) is 0 Å². The van der Waals surface area contributed by atoms with Gasteiger partial charge in [-0.2, -0.15) is 0 Å². The molecule has 0 aliphatic rings. The van der Waals surface area contributed by atoms with Crippen molar-refractivity contribution in [2.75, 3.05) is 6.61 Å². The van der Waals surface area contributed by atoms with Gasteiger partial charge in [0.25, 0.3) is 5.91 Å². The van der Waals surface area contributed by atoms with Crippen LogP contribution in [0.25, 0.3) is 11.0 Å². The summed E-state index contributed by atoms with van der Waals surface area (Å²) in [6.07, 6.45) is 1.76. The number of rotatable bonds is 4. The van der Waals surface area contributed by atoms with E-state index in [-0.39, 0.29) is 12.5 Å². The summed E-state index contributed by atoms with van der Waals surface area (Å²) in [5.41, 5.74) is 4.95. The van der Waals surface area contributed by atoms with E-state index in [1.807, 2.05) is 35.2 Å². The van der Waals surface area contributed by atoms with E-state index in [2.05, 4.69) is 4.98 Å². The summed E-state index contributed by atoms with van der Waals surface area (Å²) in [5.74, 6) is 4.59. The molecule has 0 bridgehead atoms. The molecule has 0 aliphatic carbocycles. The minimum atomic E-state index is -0.344. The number of imidazole rings is 1. The Kier molecular flexibility index (Phi) is 3.36. The Balaban J connectivity index is 2.02. The first-order valence-corrected chi connectivity index (χ1v) is 5.18. The second-order valence-electron chi connectivity index (χ2n) is 3.74. The maximum atomic E-state index is 10.8. The monoisotopic (exact) mass is 234 g/mol. The van der Waals surface area contributed by atoms with Crippen LogP contribution in [0.2, 0.25) is 0 Å². The van der Waals surface area contributed by atoms with Gasteiger partial charge in [0.15, 0.2) is 0 Å². The van der Waals surface area contributed by atoms with Crippen LogP contribution in [-0.4, -0.2) is 22.1 Å². The number of hydrogen-bond donors (Lipinski definition) is 2. The van der Waals surface area contributed by atoms with Gasteiger partial charge in [0.05, 0.1) is 24.0 Å². The van der Waals surface area contributed by atoms with Crippen LogP contribution in [0.1, 0.15) is 5.56 Å². The van der Waals surface area contributed by atoms with E-state index in [9.17, 15) is 4.79 Å². The summed E-state index contributed by atoms with van der Waals surface area (Å²) in [6.45, 7) is 0.316. The van der Waals surface area contributed by atoms with Crippen LogP contribution < -0.4 is 11.3 Å². The normalized spacial score (nSPS) is 10.7. The average molecular weight is 234 g/mol. The number of hydrogen-bond acceptors (Lipinski definition) is 4. The van der Waals surface area contributed by atoms with Crippen molar-refractivity contribution in [3.8, 4) is 0 Å². The standard InChI is InChI=1S/C11H14N4O2/c1-15-7-13-9-4-8(2-3-10(9)15)5-17-6-11(16)14-12/h2-4,7H,5-6,12H2,1H3,(H,14,16). The highest BCUT2D eigenvalue weighted by Gasteiger charge is 2.02. The highest BCUT2D eigenvalue weighted by molar-refractivity contribution is 5.77. The van der Waals surface area contributed by atoms with Gasteiger partial charge in [-0.05, 0) is 17.7 Å². The van der Waals surface area contributed by atoms with E-state index in [1.54, 1.807) is 6.33 Å². The summed E-state index contributed by atoms with van der Waals surface area (Å²) in [6, 6.07) is 5.87. The zero-order chi connectivity index (χ0) is 12.3. The molecule has 6 nitrogen and oxygen atoms in total. The molecule has 0 fully saturated rings. The van der Waals surface area contributed by atoms with Crippen LogP contribution >= 0.6 is 0 Å². The number of aromatic nitrogens is 2. The molecule has 6 heteroatoms. The lowest BCUT2D eigenvalue weighted by Crippen LogP contribution is -2.33. The molecular formula is C11H14N4O2. The van der Waals surface area contributed by atoms with Crippen LogP contribution in [0, 0.1) is 0 Å². The van der Waals surface area contributed by atoms with Crippen molar-refractivity contribution in [1.82, 2.24) is 15.0 Å². The number of carbonyl (C=O) groups excluding carboxylic acids is 1. The van der Waals surface area contributed by atoms with Gasteiger partial charge >= 0.3 is 0 Å². The van der Waals surface area contributed by atoms with E-state index in [0.717, 1.165) is 16.6 Å². The van der Waals surface area contributed by atoms with Gasteiger partial charge in [0, 0.05) is 7.05 Å². The van der Waals surface area contributed by atoms with E-state index >= 15 is 0 Å². The molecule has 2 rings (SSSR count). The lowest BCUT2D eigenvalue weighted by molar-refractivity contribution is -0.126. The first-order chi connectivity index (χ1) is 8.20. The Hall–Kier alpha value is -1.92. The minimum Gasteiger partial charge on any atom is -0.367 e. The average Bonchev–Trinajstić information content (AvgIpc) is 2.70. The predicted octanol–water partition coefficient (Wildman–Crippen LogP) is 0.0798. The summed E-state index contributed by atoms with van der Waals surface area (Å²) in [5, 5.41) is 0. The number of fused-ring (bicyclic) bond motifs is 1. The van der Waals surface area contributed by atoms with Gasteiger partial charge in [-0.3, -0.25) is 10.2 Å². The molecule has 1 heterocycles. The summed E-state index contributed by atoms with van der Waals surface area (Å²) in [7, 11) is 1.94. The first-order valence-electron chi connectivity index (χ1n) is 5.18. The molecule has 1 amide bonds. The van der Waals surface area contributed by atoms with Gasteiger partial charge in [-0.1, -0.05) is 6.07 Å². The number of aryl methyl sites for hydroxylation is 1. The third-order valence-electron chi connectivity index (χ3n) is 2.45. The molecule has 3 N–H and O–H groups in total. The quantitative estimate of drug-likeness (QED) is 0.446. The molecule has 17 heavy (non-hydrogen) atoms. The number of carbonyl (C=O) groups is 1. The number of ether oxygens (including phenoxy) is 1. The van der Waals surface area contributed by atoms with Gasteiger partial charge in [0.2, 0.25) is 0 Å². The third-order valence-corrected chi connectivity index (χ3v) is 2.45. The molecule has 0 saturated carbocycles. The number of hydrazine groups is 1. The fourth-order valence-electron chi connectivity index (χ4n) is 1.57. The molecule has 2 aromatic rings. The zero-order valence-electron chi connectivity index (χ0n) is 9.51. The summed E-state index contributed by atoms with van der Waals surface area (Å²) < 4.78 is 7.15. The summed E-state index contributed by atoms with van der Waals surface area (Å²) >= 11 is 0. The van der Waals surface area contributed by atoms with Crippen molar-refractivity contribution in [2.24, 2.45) is 12.9 Å². The fraction of sp³-hybridized carbons (Fsp3) is 0.273. The van der Waals surface area contributed by atoms with Crippen molar-refractivity contribution in [1.29, 1.82) is 0 Å². The Morgan fingerprint density at radius 1 is 1.59 bits per heavy atom. The highest BCUT2D eigenvalue weighted by atomic mass is 16.5. The molecule has 0 radical (unpaired) electrons. The van der Waals surface area contributed by atoms with Crippen molar-refractivity contribution in [3.63, 3.8) is 0 Å². The van der Waals surface area contributed by atoms with Gasteiger partial charge in [-0.25, -0.2) is 10.8 Å². The maximum absolute atomic E-state index is 10.8. The summed E-state index contributed by atoms with van der Waals surface area (Å²) in [4.78, 5) is 15.1. The second-order valence-corrected chi connectivity index (χ2v) is 3.74. The molecular weight excluding hydrogens is 220 g/mol. The topological polar surface area (TPSA) is 82.2 Å². The van der Waals surface area contributed by atoms with Crippen molar-refractivity contribution >= 4 is 16.9 Å². The van der Waals surface area contributed by atoms with Crippen LogP contribution in [-0.2, 0) is 23.2 Å². The first kappa shape index (κ1) is 11.6. The van der Waals surface area contributed by atoms with E-state index in [1.165, 1.54) is 0 Å². The van der Waals surface area contributed by atoms with Crippen LogP contribution in [0.4, 0.5) is 0 Å². The lowest BCUT2D eigenvalue weighted by atomic mass is 10.2. The highest BCUT2D eigenvalue weighted by Crippen LogP contribution is 2.14. The van der Waals surface area contributed by atoms with Gasteiger partial charge in [0.1, 0.15) is 6.61 Å². The van der Waals surface area contributed by atoms with E-state index < -0.39 is 0 Å². The number of nitrogens with one attached hydrogen (secondary N) is 1. The Bertz CT molecular complexity index is 535. The SMILES string of the molecule is Cn1cnc2cc(COCC(=O)NN)ccc21. The Labute approximate surface area is 98.3 Å². The van der Waals surface area contributed by atoms with Crippen molar-refractivity contribution < 1.29 is 9.53 Å². The molecule has 0 saturated heterocycles. The van der Waals surface area contributed by atoms with Crippen molar-refractivity contribution in [3.05, 3.63) is 30.1 Å². The maximum Gasteiger partial charge on any atom is 0.259 e. The van der Waals surface area contributed by atoms with Crippen molar-refractivity contribution in [2.45, 2.75) is 6.61 Å². The van der Waals surface area contributed by atoms with Crippen LogP contribution in [0.5, 0.6) is 0 Å². The number of amides is 1. The Morgan fingerprint density at radius 2 is 2.41 bits per heavy atom. The second kappa shape index (κ2) is 4.94. The van der Waals surface area contributed by atoms with E-state index in [4.69, 9.17) is 10.6 Å². The van der Waals surface area contributed by atoms with E-state index in [0.29, 0.717) is 6.61 Å². The largest absolute Gasteiger partial charge is 0.367 e.